The molecule has 3 atom stereocenters. The number of rotatable bonds is 9. The van der Waals surface area contributed by atoms with E-state index in [1.165, 1.54) is 31.2 Å². The van der Waals surface area contributed by atoms with Crippen LogP contribution in [0, 0.1) is 0 Å². The summed E-state index contributed by atoms with van der Waals surface area (Å²) in [4.78, 5) is 38.9. The normalized spacial score (nSPS) is 13.5. The Labute approximate surface area is 182 Å². The van der Waals surface area contributed by atoms with E-state index in [1.807, 2.05) is 30.3 Å². The number of nitrogens with two attached hydrogens (primary N) is 1. The number of phenolic OH excluding ortho intramolecular Hbond substituents is 1. The van der Waals surface area contributed by atoms with Crippen LogP contribution in [0.5, 0.6) is 5.75 Å². The van der Waals surface area contributed by atoms with Crippen molar-refractivity contribution in [1.29, 1.82) is 0 Å². The quantitative estimate of drug-likeness (QED) is 0.514. The van der Waals surface area contributed by atoms with Gasteiger partial charge in [-0.3, -0.25) is 9.59 Å². The van der Waals surface area contributed by atoms with E-state index in [2.05, 4.69) is 5.32 Å². The summed E-state index contributed by atoms with van der Waals surface area (Å²) in [5, 5.41) is 12.1. The van der Waals surface area contributed by atoms with Crippen molar-refractivity contribution in [2.45, 2.75) is 37.9 Å². The lowest BCUT2D eigenvalue weighted by Gasteiger charge is -2.28. The molecule has 0 heterocycles. The van der Waals surface area contributed by atoms with Crippen molar-refractivity contribution in [2.24, 2.45) is 5.73 Å². The maximum atomic E-state index is 12.8. The first-order valence-corrected chi connectivity index (χ1v) is 9.95. The van der Waals surface area contributed by atoms with Gasteiger partial charge in [0.2, 0.25) is 11.8 Å². The summed E-state index contributed by atoms with van der Waals surface area (Å²) < 4.78 is 4.80. The Morgan fingerprint density at radius 2 is 1.61 bits per heavy atom. The molecule has 0 aromatic heterocycles. The van der Waals surface area contributed by atoms with Crippen molar-refractivity contribution in [3.63, 3.8) is 0 Å². The third-order valence-electron chi connectivity index (χ3n) is 5.10. The topological polar surface area (TPSA) is 122 Å². The number of nitrogens with one attached hydrogen (secondary N) is 1. The molecule has 2 amide bonds. The minimum absolute atomic E-state index is 0.100. The molecule has 8 nitrogen and oxygen atoms in total. The lowest BCUT2D eigenvalue weighted by atomic mass is 10.0. The Bertz CT molecular complexity index is 886. The maximum Gasteiger partial charge on any atom is 0.328 e. The van der Waals surface area contributed by atoms with Crippen molar-refractivity contribution in [3.8, 4) is 5.75 Å². The van der Waals surface area contributed by atoms with Gasteiger partial charge in [0.1, 0.15) is 17.8 Å². The fourth-order valence-electron chi connectivity index (χ4n) is 3.08. The van der Waals surface area contributed by atoms with Gasteiger partial charge in [0, 0.05) is 13.5 Å². The van der Waals surface area contributed by atoms with Crippen molar-refractivity contribution in [2.75, 3.05) is 14.2 Å². The van der Waals surface area contributed by atoms with Crippen molar-refractivity contribution >= 4 is 17.8 Å². The Hall–Kier alpha value is -3.39. The van der Waals surface area contributed by atoms with Crippen molar-refractivity contribution in [3.05, 3.63) is 65.7 Å². The second-order valence-corrected chi connectivity index (χ2v) is 7.38. The van der Waals surface area contributed by atoms with E-state index < -0.39 is 30.0 Å². The first-order chi connectivity index (χ1) is 14.7. The Morgan fingerprint density at radius 1 is 1.03 bits per heavy atom. The van der Waals surface area contributed by atoms with Gasteiger partial charge in [0.15, 0.2) is 0 Å². The van der Waals surface area contributed by atoms with Crippen LogP contribution in [-0.4, -0.2) is 60.1 Å². The third-order valence-corrected chi connectivity index (χ3v) is 5.10. The fourth-order valence-corrected chi connectivity index (χ4v) is 3.08. The van der Waals surface area contributed by atoms with Crippen LogP contribution in [0.3, 0.4) is 0 Å². The molecule has 0 saturated carbocycles. The first-order valence-electron chi connectivity index (χ1n) is 9.95. The minimum atomic E-state index is -0.939. The van der Waals surface area contributed by atoms with E-state index in [9.17, 15) is 19.5 Å². The van der Waals surface area contributed by atoms with E-state index in [0.717, 1.165) is 11.1 Å². The van der Waals surface area contributed by atoms with Gasteiger partial charge < -0.3 is 25.8 Å². The van der Waals surface area contributed by atoms with E-state index in [4.69, 9.17) is 10.5 Å². The highest BCUT2D eigenvalue weighted by molar-refractivity contribution is 5.91. The molecule has 0 unspecified atom stereocenters. The number of methoxy groups -OCH3 is 1. The zero-order chi connectivity index (χ0) is 23.0. The molecule has 2 rings (SSSR count). The van der Waals surface area contributed by atoms with Crippen LogP contribution in [0.15, 0.2) is 54.6 Å². The zero-order valence-corrected chi connectivity index (χ0v) is 17.9. The summed E-state index contributed by atoms with van der Waals surface area (Å²) >= 11 is 0. The number of likely N-dealkylation sites (N-methyl/N-ethyl adjacent to an activating group) is 1. The number of nitrogens with zero attached hydrogens (tertiary/aromatic N) is 1. The van der Waals surface area contributed by atoms with E-state index in [0.29, 0.717) is 6.42 Å². The Morgan fingerprint density at radius 3 is 2.19 bits per heavy atom. The molecule has 0 fully saturated rings. The molecule has 0 aliphatic heterocycles. The SMILES string of the molecule is COC(=O)[C@H](Cc1ccc(O)cc1)NC(=O)[C@H](C)N(C)C(=O)[C@@H](N)Cc1ccccc1. The molecular formula is C23H29N3O5. The van der Waals surface area contributed by atoms with Crippen LogP contribution in [-0.2, 0) is 32.0 Å². The highest BCUT2D eigenvalue weighted by Gasteiger charge is 2.30. The van der Waals surface area contributed by atoms with Crippen molar-refractivity contribution in [1.82, 2.24) is 10.2 Å². The van der Waals surface area contributed by atoms with Crippen LogP contribution in [0.1, 0.15) is 18.1 Å². The largest absolute Gasteiger partial charge is 0.508 e. The number of hydrogen-bond acceptors (Lipinski definition) is 6. The van der Waals surface area contributed by atoms with Crippen molar-refractivity contribution < 1.29 is 24.2 Å². The number of carbonyl (C=O) groups is 3. The summed E-state index contributed by atoms with van der Waals surface area (Å²) in [6.45, 7) is 1.57. The van der Waals surface area contributed by atoms with Crippen LogP contribution in [0.25, 0.3) is 0 Å². The van der Waals surface area contributed by atoms with Gasteiger partial charge in [-0.15, -0.1) is 0 Å². The summed E-state index contributed by atoms with van der Waals surface area (Å²) in [6.07, 6.45) is 0.528. The Kier molecular flexibility index (Phi) is 8.57. The average molecular weight is 428 g/mol. The van der Waals surface area contributed by atoms with E-state index in [-0.39, 0.29) is 18.1 Å². The van der Waals surface area contributed by atoms with E-state index >= 15 is 0 Å². The summed E-state index contributed by atoms with van der Waals surface area (Å²) in [6, 6.07) is 13.1. The number of ether oxygens (including phenoxy) is 1. The summed E-state index contributed by atoms with van der Waals surface area (Å²) in [7, 11) is 2.74. The molecule has 0 bridgehead atoms. The third kappa shape index (κ3) is 6.82. The lowest BCUT2D eigenvalue weighted by molar-refractivity contribution is -0.146. The molecule has 0 aliphatic rings. The van der Waals surface area contributed by atoms with Crippen LogP contribution >= 0.6 is 0 Å². The number of benzene rings is 2. The molecule has 0 spiro atoms. The van der Waals surface area contributed by atoms with Gasteiger partial charge in [-0.05, 0) is 36.6 Å². The monoisotopic (exact) mass is 427 g/mol. The highest BCUT2D eigenvalue weighted by atomic mass is 16.5. The van der Waals surface area contributed by atoms with Crippen LogP contribution in [0.2, 0.25) is 0 Å². The molecule has 31 heavy (non-hydrogen) atoms. The predicted octanol–water partition coefficient (Wildman–Crippen LogP) is 1.01. The van der Waals surface area contributed by atoms with Gasteiger partial charge in [0.05, 0.1) is 13.2 Å². The standard InChI is InChI=1S/C23H29N3O5/c1-15(26(2)22(29)19(24)13-16-7-5-4-6-8-16)21(28)25-20(23(30)31-3)14-17-9-11-18(27)12-10-17/h4-12,15,19-20,27H,13-14,24H2,1-3H3,(H,25,28)/t15-,19-,20-/m0/s1. The van der Waals surface area contributed by atoms with E-state index in [1.54, 1.807) is 19.1 Å². The zero-order valence-electron chi connectivity index (χ0n) is 17.9. The molecule has 0 radical (unpaired) electrons. The number of phenols is 1. The molecule has 0 aliphatic carbocycles. The van der Waals surface area contributed by atoms with Gasteiger partial charge in [-0.2, -0.15) is 0 Å². The molecule has 8 heteroatoms. The lowest BCUT2D eigenvalue weighted by Crippen LogP contribution is -2.54. The Balaban J connectivity index is 2.01. The second kappa shape index (κ2) is 11.1. The number of aromatic hydroxyl groups is 1. The van der Waals surface area contributed by atoms with Gasteiger partial charge >= 0.3 is 5.97 Å². The number of hydrogen-bond donors (Lipinski definition) is 3. The van der Waals surface area contributed by atoms with Gasteiger partial charge in [0.25, 0.3) is 0 Å². The number of carbonyl (C=O) groups excluding carboxylic acids is 3. The molecule has 2 aromatic carbocycles. The minimum Gasteiger partial charge on any atom is -0.508 e. The highest BCUT2D eigenvalue weighted by Crippen LogP contribution is 2.12. The van der Waals surface area contributed by atoms with Gasteiger partial charge in [-0.1, -0.05) is 42.5 Å². The average Bonchev–Trinajstić information content (AvgIpc) is 2.78. The second-order valence-electron chi connectivity index (χ2n) is 7.38. The fraction of sp³-hybridized carbons (Fsp3) is 0.348. The molecular weight excluding hydrogens is 398 g/mol. The molecule has 4 N–H and O–H groups in total. The van der Waals surface area contributed by atoms with Crippen LogP contribution < -0.4 is 11.1 Å². The first kappa shape index (κ1) is 23.9. The smallest absolute Gasteiger partial charge is 0.328 e. The summed E-state index contributed by atoms with van der Waals surface area (Å²) in [5.41, 5.74) is 7.71. The molecule has 166 valence electrons. The van der Waals surface area contributed by atoms with Crippen LogP contribution in [0.4, 0.5) is 0 Å². The maximum absolute atomic E-state index is 12.8. The predicted molar refractivity (Wildman–Crippen MR) is 116 cm³/mol. The number of esters is 1. The molecule has 0 saturated heterocycles. The summed E-state index contributed by atoms with van der Waals surface area (Å²) in [5.74, 6) is -1.39. The number of amides is 2. The van der Waals surface area contributed by atoms with Gasteiger partial charge in [-0.25, -0.2) is 4.79 Å². The molecule has 2 aromatic rings.